The van der Waals surface area contributed by atoms with E-state index in [9.17, 15) is 4.21 Å². The Labute approximate surface area is 77.8 Å². The van der Waals surface area contributed by atoms with E-state index in [1.165, 1.54) is 11.1 Å². The predicted octanol–water partition coefficient (Wildman–Crippen LogP) is 2.59. The molecule has 2 aliphatic rings. The van der Waals surface area contributed by atoms with Gasteiger partial charge in [0.25, 0.3) is 0 Å². The minimum Gasteiger partial charge on any atom is -0.254 e. The third kappa shape index (κ3) is 1.30. The minimum atomic E-state index is -0.851. The highest BCUT2D eigenvalue weighted by molar-refractivity contribution is 7.86. The molecule has 1 aliphatic heterocycles. The lowest BCUT2D eigenvalue weighted by atomic mass is 10.2. The van der Waals surface area contributed by atoms with Crippen LogP contribution in [-0.2, 0) is 10.8 Å². The lowest BCUT2D eigenvalue weighted by Crippen LogP contribution is -1.84. The van der Waals surface area contributed by atoms with Gasteiger partial charge >= 0.3 is 0 Å². The number of hydrogen-bond acceptors (Lipinski definition) is 2. The smallest absolute Gasteiger partial charge is 0.0913 e. The van der Waals surface area contributed by atoms with Gasteiger partial charge in [-0.2, -0.15) is 0 Å². The summed E-state index contributed by atoms with van der Waals surface area (Å²) >= 11 is 1.55. The van der Waals surface area contributed by atoms with Crippen molar-refractivity contribution < 1.29 is 4.21 Å². The van der Waals surface area contributed by atoms with E-state index < -0.39 is 10.8 Å². The van der Waals surface area contributed by atoms with Gasteiger partial charge in [0.2, 0.25) is 0 Å². The first-order valence-corrected chi connectivity index (χ1v) is 6.02. The number of hydrogen-bond donors (Lipinski definition) is 0. The maximum Gasteiger partial charge on any atom is 0.0913 e. The molecule has 0 saturated carbocycles. The van der Waals surface area contributed by atoms with Crippen LogP contribution in [0.3, 0.4) is 0 Å². The van der Waals surface area contributed by atoms with E-state index in [1.807, 2.05) is 23.6 Å². The van der Waals surface area contributed by atoms with Crippen LogP contribution in [0.1, 0.15) is 0 Å². The van der Waals surface area contributed by atoms with Gasteiger partial charge in [0.1, 0.15) is 0 Å². The zero-order chi connectivity index (χ0) is 8.55. The summed E-state index contributed by atoms with van der Waals surface area (Å²) in [7, 11) is -0.851. The van der Waals surface area contributed by atoms with Crippen LogP contribution in [0.4, 0.5) is 0 Å². The Kier molecular flexibility index (Phi) is 1.98. The first-order valence-electron chi connectivity index (χ1n) is 3.58. The molecule has 0 aromatic carbocycles. The second kappa shape index (κ2) is 2.99. The van der Waals surface area contributed by atoms with Crippen molar-refractivity contribution in [3.63, 3.8) is 0 Å². The Hall–Kier alpha value is -0.670. The molecule has 0 saturated heterocycles. The average molecular weight is 196 g/mol. The molecule has 0 radical (unpaired) electrons. The fourth-order valence-corrected chi connectivity index (χ4v) is 2.75. The van der Waals surface area contributed by atoms with E-state index in [2.05, 4.69) is 6.07 Å². The summed E-state index contributed by atoms with van der Waals surface area (Å²) in [6.45, 7) is 0. The van der Waals surface area contributed by atoms with Crippen LogP contribution in [0.5, 0.6) is 0 Å². The van der Waals surface area contributed by atoms with Gasteiger partial charge in [0, 0.05) is 6.26 Å². The van der Waals surface area contributed by atoms with Crippen LogP contribution in [0.25, 0.3) is 11.1 Å². The number of rotatable bonds is 1. The van der Waals surface area contributed by atoms with Crippen LogP contribution >= 0.6 is 11.3 Å². The molecule has 0 bridgehead atoms. The normalized spacial score (nSPS) is 13.4. The Balaban J connectivity index is 2.62. The molecule has 0 N–H and O–H groups in total. The molecule has 0 aromatic rings. The lowest BCUT2D eigenvalue weighted by Gasteiger charge is -1.99. The van der Waals surface area contributed by atoms with Crippen molar-refractivity contribution in [2.75, 3.05) is 6.26 Å². The molecule has 62 valence electrons. The molecule has 0 amide bonds. The van der Waals surface area contributed by atoms with Gasteiger partial charge in [-0.05, 0) is 22.6 Å². The third-order valence-electron chi connectivity index (χ3n) is 1.74. The Morgan fingerprint density at radius 1 is 1.33 bits per heavy atom. The largest absolute Gasteiger partial charge is 0.254 e. The van der Waals surface area contributed by atoms with E-state index in [-0.39, 0.29) is 0 Å². The second-order valence-corrected chi connectivity index (χ2v) is 5.11. The molecular formula is C9H8OS2. The van der Waals surface area contributed by atoms with Crippen molar-refractivity contribution in [2.45, 2.75) is 4.21 Å². The van der Waals surface area contributed by atoms with Gasteiger partial charge in [-0.25, -0.2) is 0 Å². The molecule has 1 atom stereocenters. The van der Waals surface area contributed by atoms with Gasteiger partial charge < -0.3 is 0 Å². The Morgan fingerprint density at radius 3 is 2.83 bits per heavy atom. The maximum absolute atomic E-state index is 11.1. The molecule has 2 rings (SSSR count). The Bertz CT molecular complexity index is 392. The standard InChI is InChI=1S/C9H8OS2/c1-12(10)9-5-7-3-2-4-8(7)6-11-9/h2-6H,1H3. The molecule has 0 spiro atoms. The fourth-order valence-electron chi connectivity index (χ4n) is 1.12. The maximum atomic E-state index is 11.1. The predicted molar refractivity (Wildman–Crippen MR) is 53.3 cm³/mol. The van der Waals surface area contributed by atoms with Crippen molar-refractivity contribution in [3.05, 3.63) is 29.6 Å². The molecular weight excluding hydrogens is 188 g/mol. The summed E-state index contributed by atoms with van der Waals surface area (Å²) in [5.74, 6) is 0. The second-order valence-electron chi connectivity index (χ2n) is 2.59. The molecule has 1 nitrogen and oxygen atoms in total. The van der Waals surface area contributed by atoms with Crippen LogP contribution in [0.15, 0.2) is 33.9 Å². The quantitative estimate of drug-likeness (QED) is 0.685. The third-order valence-corrected chi connectivity index (χ3v) is 4.14. The van der Waals surface area contributed by atoms with E-state index >= 15 is 0 Å². The zero-order valence-corrected chi connectivity index (χ0v) is 8.24. The topological polar surface area (TPSA) is 17.1 Å². The summed E-state index contributed by atoms with van der Waals surface area (Å²) in [6, 6.07) is 8.11. The highest BCUT2D eigenvalue weighted by Gasteiger charge is 2.04. The molecule has 12 heavy (non-hydrogen) atoms. The summed E-state index contributed by atoms with van der Waals surface area (Å²) in [6.07, 6.45) is 1.71. The van der Waals surface area contributed by atoms with E-state index in [0.717, 1.165) is 4.21 Å². The molecule has 0 fully saturated rings. The van der Waals surface area contributed by atoms with Crippen molar-refractivity contribution in [2.24, 2.45) is 0 Å². The zero-order valence-electron chi connectivity index (χ0n) is 6.61. The van der Waals surface area contributed by atoms with E-state index in [0.29, 0.717) is 0 Å². The summed E-state index contributed by atoms with van der Waals surface area (Å²) in [5, 5.41) is 2.05. The van der Waals surface area contributed by atoms with Crippen LogP contribution < -0.4 is 0 Å². The molecule has 0 aromatic heterocycles. The van der Waals surface area contributed by atoms with Crippen molar-refractivity contribution >= 4 is 22.1 Å². The van der Waals surface area contributed by atoms with E-state index in [4.69, 9.17) is 0 Å². The van der Waals surface area contributed by atoms with Crippen molar-refractivity contribution in [1.82, 2.24) is 0 Å². The van der Waals surface area contributed by atoms with Crippen LogP contribution in [-0.4, -0.2) is 10.5 Å². The highest BCUT2D eigenvalue weighted by Crippen LogP contribution is 2.28. The van der Waals surface area contributed by atoms with Gasteiger partial charge in [0.05, 0.1) is 15.0 Å². The van der Waals surface area contributed by atoms with Gasteiger partial charge in [-0.1, -0.05) is 18.2 Å². The summed E-state index contributed by atoms with van der Waals surface area (Å²) in [5.41, 5.74) is 2.41. The first-order chi connectivity index (χ1) is 5.77. The van der Waals surface area contributed by atoms with Gasteiger partial charge in [-0.3, -0.25) is 4.21 Å². The van der Waals surface area contributed by atoms with Gasteiger partial charge in [-0.15, -0.1) is 11.3 Å². The average Bonchev–Trinajstić information content (AvgIpc) is 2.49. The van der Waals surface area contributed by atoms with Crippen molar-refractivity contribution in [1.29, 1.82) is 0 Å². The monoisotopic (exact) mass is 196 g/mol. The van der Waals surface area contributed by atoms with Crippen LogP contribution in [0.2, 0.25) is 0 Å². The summed E-state index contributed by atoms with van der Waals surface area (Å²) in [4.78, 5) is 0. The highest BCUT2D eigenvalue weighted by atomic mass is 32.2. The first kappa shape index (κ1) is 7.95. The molecule has 1 unspecified atom stereocenters. The van der Waals surface area contributed by atoms with Gasteiger partial charge in [0.15, 0.2) is 0 Å². The lowest BCUT2D eigenvalue weighted by molar-refractivity contribution is 0.688. The minimum absolute atomic E-state index is 0.851. The number of fused-ring (bicyclic) bond motifs is 1. The molecule has 1 heterocycles. The Morgan fingerprint density at radius 2 is 2.08 bits per heavy atom. The van der Waals surface area contributed by atoms with E-state index in [1.54, 1.807) is 17.6 Å². The van der Waals surface area contributed by atoms with Crippen molar-refractivity contribution in [3.8, 4) is 11.1 Å². The SMILES string of the molecule is CS(=O)c1cc2cccc-2cs1. The molecule has 1 aliphatic carbocycles. The molecule has 3 heteroatoms. The van der Waals surface area contributed by atoms with Crippen LogP contribution in [0, 0.1) is 0 Å². The summed E-state index contributed by atoms with van der Waals surface area (Å²) < 4.78 is 12.1. The fraction of sp³-hybridized carbons (Fsp3) is 0.111.